The molecule has 0 bridgehead atoms. The number of para-hydroxylation sites is 1. The van der Waals surface area contributed by atoms with Crippen LogP contribution in [0.1, 0.15) is 18.5 Å². The van der Waals surface area contributed by atoms with E-state index in [-0.39, 0.29) is 0 Å². The van der Waals surface area contributed by atoms with Gasteiger partial charge in [0, 0.05) is 32.2 Å². The number of nitrogens with zero attached hydrogens (tertiary/aromatic N) is 2. The topological polar surface area (TPSA) is 39.1 Å². The third-order valence-electron chi connectivity index (χ3n) is 3.90. The Kier molecular flexibility index (Phi) is 3.80. The molecule has 19 heavy (non-hydrogen) atoms. The molecule has 2 aromatic rings. The Hall–Kier alpha value is -1.39. The number of hydrogen-bond donors (Lipinski definition) is 1. The zero-order chi connectivity index (χ0) is 13.1. The molecule has 1 aromatic heterocycles. The highest BCUT2D eigenvalue weighted by molar-refractivity contribution is 5.81. The zero-order valence-corrected chi connectivity index (χ0v) is 11.4. The fourth-order valence-corrected chi connectivity index (χ4v) is 2.76. The van der Waals surface area contributed by atoms with Gasteiger partial charge >= 0.3 is 0 Å². The summed E-state index contributed by atoms with van der Waals surface area (Å²) in [6.45, 7) is 3.74. The minimum absolute atomic E-state index is 0.753. The lowest BCUT2D eigenvalue weighted by atomic mass is 10.0. The number of aromatic nitrogens is 2. The summed E-state index contributed by atoms with van der Waals surface area (Å²) >= 11 is 0. The van der Waals surface area contributed by atoms with Gasteiger partial charge in [0.1, 0.15) is 0 Å². The van der Waals surface area contributed by atoms with Gasteiger partial charge in [-0.25, -0.2) is 0 Å². The molecule has 1 saturated heterocycles. The molecule has 0 atom stereocenters. The van der Waals surface area contributed by atoms with Crippen molar-refractivity contribution in [3.63, 3.8) is 0 Å². The van der Waals surface area contributed by atoms with Gasteiger partial charge in [0.15, 0.2) is 0 Å². The molecule has 1 fully saturated rings. The fourth-order valence-electron chi connectivity index (χ4n) is 2.76. The second-order valence-corrected chi connectivity index (χ2v) is 5.27. The highest BCUT2D eigenvalue weighted by Gasteiger charge is 2.14. The summed E-state index contributed by atoms with van der Waals surface area (Å²) in [6.07, 6.45) is 2.35. The molecule has 1 aromatic carbocycles. The second kappa shape index (κ2) is 5.72. The van der Waals surface area contributed by atoms with Gasteiger partial charge in [-0.15, -0.1) is 0 Å². The number of rotatable bonds is 4. The summed E-state index contributed by atoms with van der Waals surface area (Å²) in [6, 6.07) is 8.40. The Labute approximate surface area is 113 Å². The molecular formula is C15H21N3O. The van der Waals surface area contributed by atoms with Crippen molar-refractivity contribution in [2.45, 2.75) is 19.4 Å². The van der Waals surface area contributed by atoms with Crippen LogP contribution in [-0.2, 0) is 18.3 Å². The van der Waals surface area contributed by atoms with E-state index < -0.39 is 0 Å². The Morgan fingerprint density at radius 3 is 2.95 bits per heavy atom. The third-order valence-corrected chi connectivity index (χ3v) is 3.90. The number of benzene rings is 1. The normalized spacial score (nSPS) is 17.1. The molecule has 0 amide bonds. The summed E-state index contributed by atoms with van der Waals surface area (Å²) in [4.78, 5) is 0. The van der Waals surface area contributed by atoms with Crippen molar-refractivity contribution in [2.75, 3.05) is 19.8 Å². The molecular weight excluding hydrogens is 238 g/mol. The first-order valence-electron chi connectivity index (χ1n) is 7.03. The minimum atomic E-state index is 0.753. The molecule has 0 unspecified atom stereocenters. The maximum Gasteiger partial charge on any atom is 0.0841 e. The molecule has 0 saturated carbocycles. The van der Waals surface area contributed by atoms with Gasteiger partial charge in [0.2, 0.25) is 0 Å². The van der Waals surface area contributed by atoms with Gasteiger partial charge in [-0.1, -0.05) is 18.2 Å². The van der Waals surface area contributed by atoms with Crippen LogP contribution in [-0.4, -0.2) is 29.5 Å². The van der Waals surface area contributed by atoms with Crippen molar-refractivity contribution in [3.8, 4) is 0 Å². The molecule has 0 aliphatic carbocycles. The van der Waals surface area contributed by atoms with Crippen LogP contribution < -0.4 is 5.32 Å². The molecule has 1 N–H and O–H groups in total. The molecule has 2 heterocycles. The highest BCUT2D eigenvalue weighted by Crippen LogP contribution is 2.18. The van der Waals surface area contributed by atoms with Gasteiger partial charge in [-0.05, 0) is 31.4 Å². The zero-order valence-electron chi connectivity index (χ0n) is 11.4. The maximum absolute atomic E-state index is 5.38. The first kappa shape index (κ1) is 12.6. The Balaban J connectivity index is 1.62. The lowest BCUT2D eigenvalue weighted by Gasteiger charge is -2.22. The maximum atomic E-state index is 5.38. The number of nitrogens with one attached hydrogen (secondary N) is 1. The lowest BCUT2D eigenvalue weighted by molar-refractivity contribution is 0.0662. The van der Waals surface area contributed by atoms with E-state index in [1.165, 1.54) is 23.7 Å². The monoisotopic (exact) mass is 259 g/mol. The van der Waals surface area contributed by atoms with Crippen LogP contribution in [0.5, 0.6) is 0 Å². The van der Waals surface area contributed by atoms with Crippen LogP contribution in [0, 0.1) is 5.92 Å². The molecule has 1 aliphatic rings. The van der Waals surface area contributed by atoms with Crippen molar-refractivity contribution in [3.05, 3.63) is 30.0 Å². The van der Waals surface area contributed by atoms with Crippen molar-refractivity contribution in [1.29, 1.82) is 0 Å². The van der Waals surface area contributed by atoms with E-state index in [9.17, 15) is 0 Å². The van der Waals surface area contributed by atoms with E-state index in [1.807, 2.05) is 11.7 Å². The predicted molar refractivity (Wildman–Crippen MR) is 76.0 cm³/mol. The van der Waals surface area contributed by atoms with E-state index in [0.29, 0.717) is 0 Å². The van der Waals surface area contributed by atoms with Crippen LogP contribution in [0.4, 0.5) is 0 Å². The summed E-state index contributed by atoms with van der Waals surface area (Å²) in [5.74, 6) is 0.753. The van der Waals surface area contributed by atoms with E-state index in [4.69, 9.17) is 4.74 Å². The van der Waals surface area contributed by atoms with Crippen LogP contribution in [0.2, 0.25) is 0 Å². The Morgan fingerprint density at radius 2 is 2.11 bits per heavy atom. The molecule has 1 aliphatic heterocycles. The second-order valence-electron chi connectivity index (χ2n) is 5.27. The largest absolute Gasteiger partial charge is 0.381 e. The standard InChI is InChI=1S/C15H21N3O/c1-18-15-5-3-2-4-13(15)14(17-18)11-16-10-12-6-8-19-9-7-12/h2-5,12,16H,6-11H2,1H3. The summed E-state index contributed by atoms with van der Waals surface area (Å²) < 4.78 is 7.34. The molecule has 3 rings (SSSR count). The number of aryl methyl sites for hydroxylation is 1. The fraction of sp³-hybridized carbons (Fsp3) is 0.533. The van der Waals surface area contributed by atoms with Crippen molar-refractivity contribution in [2.24, 2.45) is 13.0 Å². The summed E-state index contributed by atoms with van der Waals surface area (Å²) in [7, 11) is 2.00. The van der Waals surface area contributed by atoms with Crippen LogP contribution in [0.3, 0.4) is 0 Å². The van der Waals surface area contributed by atoms with Crippen LogP contribution in [0.25, 0.3) is 10.9 Å². The summed E-state index contributed by atoms with van der Waals surface area (Å²) in [5, 5.41) is 9.40. The first-order chi connectivity index (χ1) is 9.34. The Morgan fingerprint density at radius 1 is 1.32 bits per heavy atom. The first-order valence-corrected chi connectivity index (χ1v) is 7.03. The lowest BCUT2D eigenvalue weighted by Crippen LogP contribution is -2.27. The number of hydrogen-bond acceptors (Lipinski definition) is 3. The molecule has 4 nitrogen and oxygen atoms in total. The van der Waals surface area contributed by atoms with Crippen LogP contribution in [0.15, 0.2) is 24.3 Å². The number of fused-ring (bicyclic) bond motifs is 1. The SMILES string of the molecule is Cn1nc(CNCC2CCOCC2)c2ccccc21. The van der Waals surface area contributed by atoms with Gasteiger partial charge in [0.25, 0.3) is 0 Å². The average molecular weight is 259 g/mol. The average Bonchev–Trinajstić information content (AvgIpc) is 2.78. The van der Waals surface area contributed by atoms with E-state index in [1.54, 1.807) is 0 Å². The van der Waals surface area contributed by atoms with E-state index in [2.05, 4.69) is 34.7 Å². The highest BCUT2D eigenvalue weighted by atomic mass is 16.5. The van der Waals surface area contributed by atoms with Crippen molar-refractivity contribution >= 4 is 10.9 Å². The van der Waals surface area contributed by atoms with Crippen molar-refractivity contribution < 1.29 is 4.74 Å². The predicted octanol–water partition coefficient (Wildman–Crippen LogP) is 2.09. The van der Waals surface area contributed by atoms with Crippen molar-refractivity contribution in [1.82, 2.24) is 15.1 Å². The third kappa shape index (κ3) is 2.80. The molecule has 0 radical (unpaired) electrons. The smallest absolute Gasteiger partial charge is 0.0841 e. The quantitative estimate of drug-likeness (QED) is 0.914. The Bertz CT molecular complexity index is 543. The molecule has 102 valence electrons. The minimum Gasteiger partial charge on any atom is -0.381 e. The van der Waals surface area contributed by atoms with Crippen LogP contribution >= 0.6 is 0 Å². The molecule has 0 spiro atoms. The molecule has 4 heteroatoms. The van der Waals surface area contributed by atoms with E-state index >= 15 is 0 Å². The number of ether oxygens (including phenoxy) is 1. The van der Waals surface area contributed by atoms with Gasteiger partial charge in [0.05, 0.1) is 11.2 Å². The van der Waals surface area contributed by atoms with Gasteiger partial charge in [-0.3, -0.25) is 4.68 Å². The van der Waals surface area contributed by atoms with Gasteiger partial charge < -0.3 is 10.1 Å². The summed E-state index contributed by atoms with van der Waals surface area (Å²) in [5.41, 5.74) is 2.34. The van der Waals surface area contributed by atoms with E-state index in [0.717, 1.165) is 37.9 Å². The van der Waals surface area contributed by atoms with Gasteiger partial charge in [-0.2, -0.15) is 5.10 Å².